The summed E-state index contributed by atoms with van der Waals surface area (Å²) in [6.07, 6.45) is 2.07. The molecule has 1 unspecified atom stereocenters. The number of nitrogens with zero attached hydrogens (tertiary/aromatic N) is 3. The Labute approximate surface area is 158 Å². The third-order valence-electron chi connectivity index (χ3n) is 4.84. The first-order valence-electron chi connectivity index (χ1n) is 8.53. The predicted octanol–water partition coefficient (Wildman–Crippen LogP) is 1.16. The minimum Gasteiger partial charge on any atom is -0.326 e. The molecule has 3 heterocycles. The maximum Gasteiger partial charge on any atom is 0.301 e. The summed E-state index contributed by atoms with van der Waals surface area (Å²) in [4.78, 5) is 12.5. The average molecular weight is 415 g/mol. The van der Waals surface area contributed by atoms with Crippen LogP contribution in [0.15, 0.2) is 18.3 Å². The monoisotopic (exact) mass is 415 g/mol. The highest BCUT2D eigenvalue weighted by Gasteiger charge is 2.35. The van der Waals surface area contributed by atoms with Crippen molar-refractivity contribution in [3.8, 4) is 0 Å². The summed E-state index contributed by atoms with van der Waals surface area (Å²) in [5, 5.41) is 6.58. The summed E-state index contributed by atoms with van der Waals surface area (Å²) >= 11 is 0. The molecule has 1 aromatic carbocycles. The first-order valence-corrected chi connectivity index (χ1v) is 9.97. The summed E-state index contributed by atoms with van der Waals surface area (Å²) in [7, 11) is -3.63. The van der Waals surface area contributed by atoms with E-state index in [1.807, 2.05) is 0 Å². The van der Waals surface area contributed by atoms with Crippen molar-refractivity contribution in [2.45, 2.75) is 19.4 Å². The quantitative estimate of drug-likeness (QED) is 0.736. The molecule has 12 heteroatoms. The molecule has 1 amide bonds. The van der Waals surface area contributed by atoms with Crippen LogP contribution in [0.4, 0.5) is 24.5 Å². The second-order valence-electron chi connectivity index (χ2n) is 6.60. The van der Waals surface area contributed by atoms with Crippen LogP contribution in [0.1, 0.15) is 12.1 Å². The number of halogens is 3. The van der Waals surface area contributed by atoms with Gasteiger partial charge in [-0.05, 0) is 6.42 Å². The van der Waals surface area contributed by atoms with Crippen LogP contribution in [0.3, 0.4) is 0 Å². The second-order valence-corrected chi connectivity index (χ2v) is 8.28. The Hall–Kier alpha value is -2.60. The van der Waals surface area contributed by atoms with Crippen LogP contribution in [0.2, 0.25) is 0 Å². The fourth-order valence-corrected chi connectivity index (χ4v) is 4.69. The Morgan fingerprint density at radius 1 is 1.21 bits per heavy atom. The molecule has 1 saturated heterocycles. The lowest BCUT2D eigenvalue weighted by molar-refractivity contribution is -0.120. The number of benzene rings is 1. The number of carbonyl (C=O) groups excluding carboxylic acids is 1. The lowest BCUT2D eigenvalue weighted by Gasteiger charge is -2.25. The lowest BCUT2D eigenvalue weighted by atomic mass is 9.94. The zero-order valence-electron chi connectivity index (χ0n) is 14.5. The molecule has 150 valence electrons. The number of carbonyl (C=O) groups is 1. The van der Waals surface area contributed by atoms with E-state index < -0.39 is 39.5 Å². The third kappa shape index (κ3) is 3.22. The van der Waals surface area contributed by atoms with E-state index in [0.717, 1.165) is 0 Å². The Bertz CT molecular complexity index is 1030. The van der Waals surface area contributed by atoms with E-state index in [-0.39, 0.29) is 25.2 Å². The zero-order valence-corrected chi connectivity index (χ0v) is 15.3. The summed E-state index contributed by atoms with van der Waals surface area (Å²) in [5.41, 5.74) is 0.809. The lowest BCUT2D eigenvalue weighted by Crippen LogP contribution is -2.33. The number of aryl methyl sites for hydroxylation is 1. The molecule has 1 aromatic heterocycles. The van der Waals surface area contributed by atoms with E-state index in [1.165, 1.54) is 10.5 Å². The van der Waals surface area contributed by atoms with Gasteiger partial charge in [-0.3, -0.25) is 13.8 Å². The van der Waals surface area contributed by atoms with Gasteiger partial charge in [0.1, 0.15) is 0 Å². The molecule has 8 nitrogen and oxygen atoms in total. The van der Waals surface area contributed by atoms with Gasteiger partial charge < -0.3 is 5.32 Å². The van der Waals surface area contributed by atoms with E-state index >= 15 is 0 Å². The highest BCUT2D eigenvalue weighted by molar-refractivity contribution is 7.91. The highest BCUT2D eigenvalue weighted by Crippen LogP contribution is 2.31. The van der Waals surface area contributed by atoms with Crippen LogP contribution in [0.25, 0.3) is 0 Å². The van der Waals surface area contributed by atoms with Gasteiger partial charge in [0.2, 0.25) is 5.91 Å². The molecule has 2 aliphatic rings. The van der Waals surface area contributed by atoms with Crippen molar-refractivity contribution in [3.05, 3.63) is 41.5 Å². The van der Waals surface area contributed by atoms with Gasteiger partial charge >= 0.3 is 10.2 Å². The summed E-state index contributed by atoms with van der Waals surface area (Å²) in [6.45, 7) is 0.922. The molecule has 0 bridgehead atoms. The Morgan fingerprint density at radius 2 is 1.93 bits per heavy atom. The standard InChI is InChI=1S/C16H16F3N5O3S/c17-11-6-10(7-12(18)15(11)19)22-16(25)9-1-3-23-13(5-9)14(8-20-23)24-4-2-21-28(24,26)27/h6-9,21H,1-5H2,(H,22,25). The third-order valence-corrected chi connectivity index (χ3v) is 6.36. The Kier molecular flexibility index (Phi) is 4.54. The molecule has 0 saturated carbocycles. The Balaban J connectivity index is 1.54. The number of hydrogen-bond donors (Lipinski definition) is 2. The number of anilines is 2. The molecule has 0 radical (unpaired) electrons. The van der Waals surface area contributed by atoms with Crippen molar-refractivity contribution in [3.63, 3.8) is 0 Å². The molecule has 1 atom stereocenters. The Morgan fingerprint density at radius 3 is 2.57 bits per heavy atom. The van der Waals surface area contributed by atoms with Gasteiger partial charge in [-0.1, -0.05) is 0 Å². The molecule has 28 heavy (non-hydrogen) atoms. The van der Waals surface area contributed by atoms with Crippen molar-refractivity contribution >= 4 is 27.5 Å². The molecule has 2 aromatic rings. The minimum atomic E-state index is -3.63. The fraction of sp³-hybridized carbons (Fsp3) is 0.375. The van der Waals surface area contributed by atoms with Crippen LogP contribution in [-0.2, 0) is 28.0 Å². The number of rotatable bonds is 3. The van der Waals surface area contributed by atoms with E-state index in [2.05, 4.69) is 15.1 Å². The molecular weight excluding hydrogens is 399 g/mol. The van der Waals surface area contributed by atoms with Gasteiger partial charge in [0.25, 0.3) is 0 Å². The highest BCUT2D eigenvalue weighted by atomic mass is 32.2. The largest absolute Gasteiger partial charge is 0.326 e. The number of fused-ring (bicyclic) bond motifs is 1. The molecule has 0 aliphatic carbocycles. The molecule has 1 fully saturated rings. The topological polar surface area (TPSA) is 96.3 Å². The first-order chi connectivity index (χ1) is 13.3. The van der Waals surface area contributed by atoms with Gasteiger partial charge in [-0.15, -0.1) is 0 Å². The van der Waals surface area contributed by atoms with E-state index in [0.29, 0.717) is 36.5 Å². The van der Waals surface area contributed by atoms with Crippen LogP contribution >= 0.6 is 0 Å². The van der Waals surface area contributed by atoms with Crippen molar-refractivity contribution in [2.75, 3.05) is 22.7 Å². The van der Waals surface area contributed by atoms with Crippen LogP contribution < -0.4 is 14.3 Å². The number of amides is 1. The summed E-state index contributed by atoms with van der Waals surface area (Å²) in [5.74, 6) is -5.45. The zero-order chi connectivity index (χ0) is 20.1. The minimum absolute atomic E-state index is 0.188. The molecule has 2 N–H and O–H groups in total. The molecular formula is C16H16F3N5O3S. The SMILES string of the molecule is O=C(Nc1cc(F)c(F)c(F)c1)C1CCn2ncc(N3CCNS3(=O)=O)c2C1. The summed E-state index contributed by atoms with van der Waals surface area (Å²) in [6, 6.07) is 1.41. The maximum absolute atomic E-state index is 13.3. The van der Waals surface area contributed by atoms with Gasteiger partial charge in [-0.2, -0.15) is 18.2 Å². The van der Waals surface area contributed by atoms with Crippen molar-refractivity contribution in [1.29, 1.82) is 0 Å². The van der Waals surface area contributed by atoms with Crippen LogP contribution in [0, 0.1) is 23.4 Å². The molecule has 2 aliphatic heterocycles. The first kappa shape index (κ1) is 18.7. The van der Waals surface area contributed by atoms with E-state index in [4.69, 9.17) is 0 Å². The normalized spacial score (nSPS) is 20.8. The van der Waals surface area contributed by atoms with Crippen LogP contribution in [-0.4, -0.2) is 37.2 Å². The van der Waals surface area contributed by atoms with E-state index in [9.17, 15) is 26.4 Å². The van der Waals surface area contributed by atoms with E-state index in [1.54, 1.807) is 4.68 Å². The molecule has 0 spiro atoms. The van der Waals surface area contributed by atoms with Gasteiger partial charge in [0.15, 0.2) is 17.5 Å². The van der Waals surface area contributed by atoms with Crippen molar-refractivity contribution in [1.82, 2.24) is 14.5 Å². The summed E-state index contributed by atoms with van der Waals surface area (Å²) < 4.78 is 69.2. The maximum atomic E-state index is 13.3. The second kappa shape index (κ2) is 6.78. The smallest absolute Gasteiger partial charge is 0.301 e. The van der Waals surface area contributed by atoms with Crippen LogP contribution in [0.5, 0.6) is 0 Å². The molecule has 4 rings (SSSR count). The van der Waals surface area contributed by atoms with Crippen molar-refractivity contribution < 1.29 is 26.4 Å². The number of hydrogen-bond acceptors (Lipinski definition) is 4. The number of nitrogens with one attached hydrogen (secondary N) is 2. The number of aromatic nitrogens is 2. The van der Waals surface area contributed by atoms with Gasteiger partial charge in [0, 0.05) is 49.8 Å². The predicted molar refractivity (Wildman–Crippen MR) is 93.3 cm³/mol. The fourth-order valence-electron chi connectivity index (χ4n) is 3.45. The average Bonchev–Trinajstić information content (AvgIpc) is 3.20. The van der Waals surface area contributed by atoms with Crippen molar-refractivity contribution in [2.24, 2.45) is 5.92 Å². The van der Waals surface area contributed by atoms with Gasteiger partial charge in [-0.25, -0.2) is 13.2 Å². The van der Waals surface area contributed by atoms with Gasteiger partial charge in [0.05, 0.1) is 17.6 Å².